The fourth-order valence-electron chi connectivity index (χ4n) is 1.91. The van der Waals surface area contributed by atoms with Crippen molar-refractivity contribution in [3.05, 3.63) is 54.7 Å². The van der Waals surface area contributed by atoms with Gasteiger partial charge in [-0.1, -0.05) is 0 Å². The molecule has 0 spiro atoms. The van der Waals surface area contributed by atoms with E-state index < -0.39 is 0 Å². The van der Waals surface area contributed by atoms with Crippen molar-refractivity contribution in [3.8, 4) is 11.5 Å². The van der Waals surface area contributed by atoms with Crippen molar-refractivity contribution < 1.29 is 14.3 Å². The molecule has 5 nitrogen and oxygen atoms in total. The van der Waals surface area contributed by atoms with Crippen LogP contribution in [0.1, 0.15) is 22.8 Å². The first-order valence-corrected chi connectivity index (χ1v) is 9.30. The second-order valence-corrected chi connectivity index (χ2v) is 7.00. The molecule has 2 aromatic rings. The molecule has 24 heavy (non-hydrogen) atoms. The number of hydrogen-bond acceptors (Lipinski definition) is 4. The van der Waals surface area contributed by atoms with Gasteiger partial charge in [0.2, 0.25) is 0 Å². The Labute approximate surface area is 168 Å². The minimum Gasteiger partial charge on any atom is -0.497 e. The van der Waals surface area contributed by atoms with Gasteiger partial charge in [-0.3, -0.25) is 4.79 Å². The predicted octanol–water partition coefficient (Wildman–Crippen LogP) is 4.07. The number of carbonyl (C=O) groups is 1. The maximum Gasteiger partial charge on any atom is 0.271 e. The number of hydrogen-bond donors (Lipinski definition) is 1. The van der Waals surface area contributed by atoms with Crippen molar-refractivity contribution >= 4 is 57.3 Å². The molecule has 0 aliphatic heterocycles. The molecule has 0 saturated heterocycles. The number of benzene rings is 2. The molecule has 1 amide bonds. The average molecular weight is 550 g/mol. The van der Waals surface area contributed by atoms with E-state index in [2.05, 4.69) is 55.7 Å². The molecule has 0 radical (unpaired) electrons. The zero-order valence-corrected chi connectivity index (χ0v) is 17.5. The summed E-state index contributed by atoms with van der Waals surface area (Å²) in [5, 5.41) is 4.02. The highest BCUT2D eigenvalue weighted by atomic mass is 127. The molecular weight excluding hydrogens is 534 g/mol. The summed E-state index contributed by atoms with van der Waals surface area (Å²) in [6.45, 7) is 2.58. The molecule has 126 valence electrons. The Bertz CT molecular complexity index is 723. The minimum atomic E-state index is -0.274. The molecule has 0 fully saturated rings. The lowest BCUT2D eigenvalue weighted by Crippen LogP contribution is -2.17. The third-order valence-electron chi connectivity index (χ3n) is 3.04. The Morgan fingerprint density at radius 3 is 2.38 bits per heavy atom. The maximum atomic E-state index is 12.0. The van der Waals surface area contributed by atoms with Gasteiger partial charge in [0.05, 0.1) is 27.1 Å². The topological polar surface area (TPSA) is 59.9 Å². The van der Waals surface area contributed by atoms with Crippen molar-refractivity contribution in [1.29, 1.82) is 0 Å². The first-order chi connectivity index (χ1) is 11.5. The number of halogens is 2. The van der Waals surface area contributed by atoms with E-state index in [1.165, 1.54) is 0 Å². The highest BCUT2D eigenvalue weighted by molar-refractivity contribution is 14.1. The van der Waals surface area contributed by atoms with Gasteiger partial charge in [-0.2, -0.15) is 5.10 Å². The van der Waals surface area contributed by atoms with E-state index in [1.807, 2.05) is 19.1 Å². The second kappa shape index (κ2) is 9.21. The van der Waals surface area contributed by atoms with Crippen LogP contribution in [-0.4, -0.2) is 25.8 Å². The van der Waals surface area contributed by atoms with Crippen molar-refractivity contribution in [2.24, 2.45) is 5.10 Å². The van der Waals surface area contributed by atoms with Gasteiger partial charge in [-0.05, 0) is 94.1 Å². The fraction of sp³-hybridized carbons (Fsp3) is 0.176. The zero-order valence-electron chi connectivity index (χ0n) is 13.2. The maximum absolute atomic E-state index is 12.0. The Morgan fingerprint density at radius 2 is 1.83 bits per heavy atom. The average Bonchev–Trinajstić information content (AvgIpc) is 2.58. The minimum absolute atomic E-state index is 0.274. The molecule has 1 N–H and O–H groups in total. The van der Waals surface area contributed by atoms with Crippen LogP contribution in [-0.2, 0) is 0 Å². The summed E-state index contributed by atoms with van der Waals surface area (Å²) in [6, 6.07) is 10.7. The number of nitrogens with zero attached hydrogens (tertiary/aromatic N) is 1. The molecule has 0 bridgehead atoms. The van der Waals surface area contributed by atoms with Crippen LogP contribution in [0.15, 0.2) is 41.5 Å². The zero-order chi connectivity index (χ0) is 17.5. The molecule has 0 aromatic heterocycles. The van der Waals surface area contributed by atoms with E-state index in [0.29, 0.717) is 17.9 Å². The lowest BCUT2D eigenvalue weighted by molar-refractivity contribution is 0.0955. The highest BCUT2D eigenvalue weighted by Crippen LogP contribution is 2.28. The summed E-state index contributed by atoms with van der Waals surface area (Å²) in [5.41, 5.74) is 3.93. The molecule has 7 heteroatoms. The molecule has 0 unspecified atom stereocenters. The van der Waals surface area contributed by atoms with E-state index in [-0.39, 0.29) is 5.91 Å². The van der Waals surface area contributed by atoms with E-state index in [4.69, 9.17) is 9.47 Å². The largest absolute Gasteiger partial charge is 0.497 e. The molecule has 0 aliphatic carbocycles. The van der Waals surface area contributed by atoms with Crippen molar-refractivity contribution in [3.63, 3.8) is 0 Å². The summed E-state index contributed by atoms with van der Waals surface area (Å²) in [7, 11) is 1.58. The summed E-state index contributed by atoms with van der Waals surface area (Å²) in [6.07, 6.45) is 1.61. The quantitative estimate of drug-likeness (QED) is 0.336. The van der Waals surface area contributed by atoms with Gasteiger partial charge in [-0.15, -0.1) is 0 Å². The number of nitrogens with one attached hydrogen (secondary N) is 1. The first kappa shape index (κ1) is 19.0. The Balaban J connectivity index is 2.04. The van der Waals surface area contributed by atoms with E-state index in [9.17, 15) is 4.79 Å². The predicted molar refractivity (Wildman–Crippen MR) is 111 cm³/mol. The van der Waals surface area contributed by atoms with Crippen LogP contribution >= 0.6 is 45.2 Å². The monoisotopic (exact) mass is 550 g/mol. The summed E-state index contributed by atoms with van der Waals surface area (Å²) >= 11 is 4.45. The lowest BCUT2D eigenvalue weighted by atomic mass is 10.2. The summed E-state index contributed by atoms with van der Waals surface area (Å²) in [4.78, 5) is 12.0. The van der Waals surface area contributed by atoms with Gasteiger partial charge in [0.15, 0.2) is 0 Å². The van der Waals surface area contributed by atoms with Gasteiger partial charge in [0.1, 0.15) is 11.5 Å². The molecule has 2 rings (SSSR count). The summed E-state index contributed by atoms with van der Waals surface area (Å²) in [5.74, 6) is 1.30. The van der Waals surface area contributed by atoms with Gasteiger partial charge in [0, 0.05) is 5.56 Å². The van der Waals surface area contributed by atoms with E-state index >= 15 is 0 Å². The Kier molecular flexibility index (Phi) is 7.28. The third-order valence-corrected chi connectivity index (χ3v) is 4.64. The van der Waals surface area contributed by atoms with Crippen molar-refractivity contribution in [2.45, 2.75) is 6.92 Å². The van der Waals surface area contributed by atoms with Crippen LogP contribution in [0.25, 0.3) is 0 Å². The van der Waals surface area contributed by atoms with Gasteiger partial charge in [0.25, 0.3) is 5.91 Å². The number of amides is 1. The van der Waals surface area contributed by atoms with Crippen LogP contribution in [0.5, 0.6) is 11.5 Å². The highest BCUT2D eigenvalue weighted by Gasteiger charge is 2.08. The van der Waals surface area contributed by atoms with Gasteiger partial charge in [-0.25, -0.2) is 5.43 Å². The van der Waals surface area contributed by atoms with Crippen LogP contribution in [0.4, 0.5) is 0 Å². The van der Waals surface area contributed by atoms with Crippen LogP contribution in [0, 0.1) is 7.14 Å². The Hall–Kier alpha value is -1.36. The number of methoxy groups -OCH3 is 1. The number of carbonyl (C=O) groups excluding carboxylic acids is 1. The Morgan fingerprint density at radius 1 is 1.21 bits per heavy atom. The smallest absolute Gasteiger partial charge is 0.271 e. The van der Waals surface area contributed by atoms with Crippen LogP contribution < -0.4 is 14.9 Å². The molecule has 2 aromatic carbocycles. The number of hydrazone groups is 1. The van der Waals surface area contributed by atoms with Crippen LogP contribution in [0.3, 0.4) is 0 Å². The van der Waals surface area contributed by atoms with Gasteiger partial charge >= 0.3 is 0 Å². The van der Waals surface area contributed by atoms with E-state index in [0.717, 1.165) is 18.5 Å². The normalized spacial score (nSPS) is 10.7. The fourth-order valence-corrected chi connectivity index (χ4v) is 4.04. The van der Waals surface area contributed by atoms with E-state index in [1.54, 1.807) is 37.6 Å². The molecule has 0 aliphatic rings. The number of ether oxygens (including phenoxy) is 2. The molecule has 0 atom stereocenters. The van der Waals surface area contributed by atoms with Crippen molar-refractivity contribution in [2.75, 3.05) is 13.7 Å². The summed E-state index contributed by atoms with van der Waals surface area (Å²) < 4.78 is 12.7. The third kappa shape index (κ3) is 5.07. The second-order valence-electron chi connectivity index (χ2n) is 4.67. The van der Waals surface area contributed by atoms with Gasteiger partial charge < -0.3 is 9.47 Å². The first-order valence-electron chi connectivity index (χ1n) is 7.14. The standard InChI is InChI=1S/C17H16I2N2O3/c1-3-24-16-14(18)8-11(9-15(16)19)10-20-21-17(22)12-4-6-13(23-2)7-5-12/h4-10H,3H2,1-2H3,(H,21,22)/b20-10-. The molecule has 0 heterocycles. The SMILES string of the molecule is CCOc1c(I)cc(/C=N\NC(=O)c2ccc(OC)cc2)cc1I. The van der Waals surface area contributed by atoms with Crippen LogP contribution in [0.2, 0.25) is 0 Å². The number of rotatable bonds is 6. The van der Waals surface area contributed by atoms with Crippen molar-refractivity contribution in [1.82, 2.24) is 5.43 Å². The lowest BCUT2D eigenvalue weighted by Gasteiger charge is -2.09. The molecular formula is C17H16I2N2O3. The molecule has 0 saturated carbocycles.